The van der Waals surface area contributed by atoms with Gasteiger partial charge in [-0.05, 0) is 42.0 Å². The zero-order valence-corrected chi connectivity index (χ0v) is 16.9. The Hall–Kier alpha value is -4.11. The molecule has 2 heterocycles. The van der Waals surface area contributed by atoms with E-state index in [1.54, 1.807) is 0 Å². The summed E-state index contributed by atoms with van der Waals surface area (Å²) in [4.78, 5) is 8.62. The van der Waals surface area contributed by atoms with Crippen molar-refractivity contribution in [3.05, 3.63) is 109 Å². The number of benzene rings is 4. The highest BCUT2D eigenvalue weighted by Crippen LogP contribution is 2.37. The summed E-state index contributed by atoms with van der Waals surface area (Å²) in [7, 11) is 0. The number of rotatable bonds is 4. The summed E-state index contributed by atoms with van der Waals surface area (Å²) in [6, 6.07) is 35.2. The molecule has 0 aliphatic heterocycles. The minimum absolute atomic E-state index is 0.556. The van der Waals surface area contributed by atoms with E-state index in [2.05, 4.69) is 71.7 Å². The van der Waals surface area contributed by atoms with Crippen molar-refractivity contribution in [3.8, 4) is 17.0 Å². The van der Waals surface area contributed by atoms with Crippen LogP contribution < -0.4 is 4.74 Å². The molecule has 0 bridgehead atoms. The van der Waals surface area contributed by atoms with Gasteiger partial charge in [0.05, 0.1) is 16.7 Å². The number of ether oxygens (including phenoxy) is 1. The Morgan fingerprint density at radius 2 is 1.39 bits per heavy atom. The number of H-pyrrole nitrogens is 1. The Balaban J connectivity index is 1.45. The number of hydrogen-bond acceptors (Lipinski definition) is 2. The maximum absolute atomic E-state index is 5.96. The normalized spacial score (nSPS) is 11.4. The summed E-state index contributed by atoms with van der Waals surface area (Å²) >= 11 is 0. The summed E-state index contributed by atoms with van der Waals surface area (Å²) < 4.78 is 5.96. The number of fused-ring (bicyclic) bond motifs is 5. The smallest absolute Gasteiger partial charge is 0.119 e. The lowest BCUT2D eigenvalue weighted by Crippen LogP contribution is -1.95. The van der Waals surface area contributed by atoms with Crippen LogP contribution in [0.15, 0.2) is 103 Å². The molecule has 31 heavy (non-hydrogen) atoms. The van der Waals surface area contributed by atoms with Crippen LogP contribution in [0.4, 0.5) is 0 Å². The van der Waals surface area contributed by atoms with Crippen molar-refractivity contribution in [3.63, 3.8) is 0 Å². The summed E-state index contributed by atoms with van der Waals surface area (Å²) in [6.07, 6.45) is 0. The number of nitrogens with one attached hydrogen (secondary N) is 1. The second-order valence-corrected chi connectivity index (χ2v) is 7.70. The van der Waals surface area contributed by atoms with Crippen LogP contribution in [-0.4, -0.2) is 9.97 Å². The molecule has 0 amide bonds. The van der Waals surface area contributed by atoms with Gasteiger partial charge in [-0.2, -0.15) is 0 Å². The monoisotopic (exact) mass is 400 g/mol. The van der Waals surface area contributed by atoms with E-state index in [0.717, 1.165) is 39.1 Å². The van der Waals surface area contributed by atoms with Crippen LogP contribution in [0.3, 0.4) is 0 Å². The fourth-order valence-corrected chi connectivity index (χ4v) is 4.22. The van der Waals surface area contributed by atoms with Crippen LogP contribution in [0, 0.1) is 0 Å². The average molecular weight is 400 g/mol. The van der Waals surface area contributed by atoms with Crippen LogP contribution in [0.25, 0.3) is 44.0 Å². The lowest BCUT2D eigenvalue weighted by atomic mass is 10.0. The minimum atomic E-state index is 0.556. The molecule has 3 nitrogen and oxygen atoms in total. The van der Waals surface area contributed by atoms with Crippen molar-refractivity contribution in [2.24, 2.45) is 0 Å². The van der Waals surface area contributed by atoms with E-state index < -0.39 is 0 Å². The van der Waals surface area contributed by atoms with Gasteiger partial charge in [0.15, 0.2) is 0 Å². The van der Waals surface area contributed by atoms with Crippen LogP contribution >= 0.6 is 0 Å². The van der Waals surface area contributed by atoms with E-state index in [-0.39, 0.29) is 0 Å². The van der Waals surface area contributed by atoms with E-state index in [0.29, 0.717) is 6.61 Å². The fraction of sp³-hybridized carbons (Fsp3) is 0.0357. The van der Waals surface area contributed by atoms with E-state index in [9.17, 15) is 0 Å². The molecule has 0 saturated heterocycles. The number of aromatic amines is 1. The van der Waals surface area contributed by atoms with Crippen LogP contribution in [0.2, 0.25) is 0 Å². The average Bonchev–Trinajstić information content (AvgIpc) is 3.23. The molecule has 0 spiro atoms. The minimum Gasteiger partial charge on any atom is -0.489 e. The Morgan fingerprint density at radius 3 is 2.23 bits per heavy atom. The number of pyridine rings is 1. The molecule has 2 aromatic heterocycles. The topological polar surface area (TPSA) is 37.9 Å². The Labute approximate surface area is 179 Å². The third-order valence-corrected chi connectivity index (χ3v) is 5.72. The van der Waals surface area contributed by atoms with Crippen molar-refractivity contribution in [2.75, 3.05) is 0 Å². The van der Waals surface area contributed by atoms with E-state index in [1.165, 1.54) is 16.2 Å². The van der Waals surface area contributed by atoms with Crippen molar-refractivity contribution in [1.82, 2.24) is 9.97 Å². The summed E-state index contributed by atoms with van der Waals surface area (Å²) in [5, 5.41) is 3.61. The predicted molar refractivity (Wildman–Crippen MR) is 127 cm³/mol. The molecule has 0 saturated carbocycles. The molecule has 0 fully saturated rings. The Morgan fingerprint density at radius 1 is 0.677 bits per heavy atom. The van der Waals surface area contributed by atoms with Gasteiger partial charge in [-0.15, -0.1) is 0 Å². The molecule has 0 aliphatic rings. The lowest BCUT2D eigenvalue weighted by Gasteiger charge is -2.09. The molecule has 3 heteroatoms. The molecular weight excluding hydrogens is 380 g/mol. The third kappa shape index (κ3) is 3.11. The summed E-state index contributed by atoms with van der Waals surface area (Å²) in [5.74, 6) is 0.848. The molecular formula is C28H20N2O. The van der Waals surface area contributed by atoms with E-state index in [4.69, 9.17) is 9.72 Å². The number of aromatic nitrogens is 2. The third-order valence-electron chi connectivity index (χ3n) is 5.72. The standard InChI is InChI=1S/C28H20N2O/c1-2-8-19(9-3-1)18-31-21-16-14-20(15-17-21)27-28-26(22-10-4-6-12-24(22)29-27)23-11-5-7-13-25(23)30-28/h1-17,30H,18H2. The maximum Gasteiger partial charge on any atom is 0.119 e. The summed E-state index contributed by atoms with van der Waals surface area (Å²) in [6.45, 7) is 0.556. The zero-order chi connectivity index (χ0) is 20.6. The van der Waals surface area contributed by atoms with Gasteiger partial charge < -0.3 is 9.72 Å². The van der Waals surface area contributed by atoms with Crippen molar-refractivity contribution < 1.29 is 4.74 Å². The largest absolute Gasteiger partial charge is 0.489 e. The second-order valence-electron chi connectivity index (χ2n) is 7.70. The highest BCUT2D eigenvalue weighted by Gasteiger charge is 2.15. The molecule has 0 atom stereocenters. The van der Waals surface area contributed by atoms with Crippen molar-refractivity contribution in [1.29, 1.82) is 0 Å². The molecule has 148 valence electrons. The van der Waals surface area contributed by atoms with Gasteiger partial charge in [0.25, 0.3) is 0 Å². The molecule has 0 unspecified atom stereocenters. The van der Waals surface area contributed by atoms with Gasteiger partial charge in [-0.1, -0.05) is 66.7 Å². The van der Waals surface area contributed by atoms with Crippen molar-refractivity contribution >= 4 is 32.7 Å². The number of para-hydroxylation sites is 2. The number of nitrogens with zero attached hydrogens (tertiary/aromatic N) is 1. The molecule has 6 aromatic rings. The molecule has 1 N–H and O–H groups in total. The second kappa shape index (κ2) is 7.29. The molecule has 0 aliphatic carbocycles. The van der Waals surface area contributed by atoms with Gasteiger partial charge in [0.1, 0.15) is 12.4 Å². The molecule has 0 radical (unpaired) electrons. The fourth-order valence-electron chi connectivity index (χ4n) is 4.22. The van der Waals surface area contributed by atoms with E-state index in [1.807, 2.05) is 36.4 Å². The van der Waals surface area contributed by atoms with Gasteiger partial charge in [-0.25, -0.2) is 4.98 Å². The Bertz CT molecular complexity index is 1520. The highest BCUT2D eigenvalue weighted by molar-refractivity contribution is 6.22. The lowest BCUT2D eigenvalue weighted by molar-refractivity contribution is 0.306. The van der Waals surface area contributed by atoms with Crippen LogP contribution in [-0.2, 0) is 6.61 Å². The van der Waals surface area contributed by atoms with Crippen LogP contribution in [0.5, 0.6) is 5.75 Å². The maximum atomic E-state index is 5.96. The zero-order valence-electron chi connectivity index (χ0n) is 16.9. The Kier molecular flexibility index (Phi) is 4.17. The first-order valence-electron chi connectivity index (χ1n) is 10.4. The van der Waals surface area contributed by atoms with Crippen molar-refractivity contribution in [2.45, 2.75) is 6.61 Å². The first-order valence-corrected chi connectivity index (χ1v) is 10.4. The SMILES string of the molecule is c1ccc(COc2ccc(-c3nc4ccccc4c4c3[nH]c3ccccc34)cc2)cc1. The summed E-state index contributed by atoms with van der Waals surface area (Å²) in [5.41, 5.74) is 6.37. The van der Waals surface area contributed by atoms with Gasteiger partial charge in [0, 0.05) is 27.2 Å². The van der Waals surface area contributed by atoms with Gasteiger partial charge in [0.2, 0.25) is 0 Å². The quantitative estimate of drug-likeness (QED) is 0.342. The van der Waals surface area contributed by atoms with E-state index >= 15 is 0 Å². The first-order chi connectivity index (χ1) is 15.4. The molecule has 4 aromatic carbocycles. The van der Waals surface area contributed by atoms with Crippen LogP contribution in [0.1, 0.15) is 5.56 Å². The highest BCUT2D eigenvalue weighted by atomic mass is 16.5. The predicted octanol–water partition coefficient (Wildman–Crippen LogP) is 7.12. The van der Waals surface area contributed by atoms with Gasteiger partial charge in [-0.3, -0.25) is 0 Å². The first kappa shape index (κ1) is 17.7. The molecule has 6 rings (SSSR count). The number of hydrogen-bond donors (Lipinski definition) is 1. The van der Waals surface area contributed by atoms with Gasteiger partial charge >= 0.3 is 0 Å².